The first-order chi connectivity index (χ1) is 17.0. The van der Waals surface area contributed by atoms with Crippen LogP contribution >= 0.6 is 0 Å². The van der Waals surface area contributed by atoms with E-state index in [9.17, 15) is 14.4 Å². The van der Waals surface area contributed by atoms with E-state index in [-0.39, 0.29) is 24.9 Å². The first-order valence-corrected chi connectivity index (χ1v) is 12.1. The molecule has 0 spiro atoms. The fourth-order valence-electron chi connectivity index (χ4n) is 4.23. The summed E-state index contributed by atoms with van der Waals surface area (Å²) >= 11 is 0. The lowest BCUT2D eigenvalue weighted by molar-refractivity contribution is -0.138. The van der Waals surface area contributed by atoms with E-state index in [1.807, 2.05) is 81.4 Å². The third kappa shape index (κ3) is 6.62. The summed E-state index contributed by atoms with van der Waals surface area (Å²) < 4.78 is 5.25. The number of ether oxygens (including phenoxy) is 1. The van der Waals surface area contributed by atoms with Crippen LogP contribution in [0.3, 0.4) is 0 Å². The third-order valence-electron chi connectivity index (χ3n) is 5.84. The van der Waals surface area contributed by atoms with E-state index in [4.69, 9.17) is 4.74 Å². The molecule has 2 N–H and O–H groups in total. The van der Waals surface area contributed by atoms with E-state index in [0.717, 1.165) is 27.5 Å². The summed E-state index contributed by atoms with van der Waals surface area (Å²) in [7, 11) is 0. The Hall–Kier alpha value is -3.87. The molecule has 0 saturated heterocycles. The zero-order chi connectivity index (χ0) is 26.5. The third-order valence-corrected chi connectivity index (χ3v) is 5.84. The summed E-state index contributed by atoms with van der Waals surface area (Å²) in [6.45, 7) is 10.9. The van der Waals surface area contributed by atoms with E-state index in [1.165, 1.54) is 4.90 Å². The Bertz CT molecular complexity index is 1240. The second-order valence-corrected chi connectivity index (χ2v) is 9.79. The molecule has 1 unspecified atom stereocenters. The van der Waals surface area contributed by atoms with Crippen LogP contribution < -0.4 is 10.6 Å². The first-order valence-electron chi connectivity index (χ1n) is 12.1. The Labute approximate surface area is 212 Å². The van der Waals surface area contributed by atoms with Gasteiger partial charge in [0, 0.05) is 12.2 Å². The van der Waals surface area contributed by atoms with Gasteiger partial charge in [0.1, 0.15) is 18.2 Å². The van der Waals surface area contributed by atoms with Crippen molar-refractivity contribution in [2.24, 2.45) is 0 Å². The molecule has 0 radical (unpaired) electrons. The number of nitrogens with zero attached hydrogens (tertiary/aromatic N) is 1. The SMILES string of the molecule is CCN(C(=O)CNC(=O)OC(C)(C)C)C(C(=O)Nc1ccc2ccccc2c1)c1c(C)cccc1C. The van der Waals surface area contributed by atoms with E-state index >= 15 is 0 Å². The number of carbonyl (C=O) groups is 3. The van der Waals surface area contributed by atoms with Gasteiger partial charge in [-0.15, -0.1) is 0 Å². The maximum Gasteiger partial charge on any atom is 0.408 e. The standard InChI is InChI=1S/C29H35N3O4/c1-7-32(24(33)18-30-28(35)36-29(4,5)6)26(25-19(2)11-10-12-20(25)3)27(34)31-23-16-15-21-13-8-9-14-22(21)17-23/h8-17,26H,7,18H2,1-6H3,(H,30,35)(H,31,34). The summed E-state index contributed by atoms with van der Waals surface area (Å²) in [5, 5.41) is 7.60. The number of benzene rings is 3. The predicted molar refractivity (Wildman–Crippen MR) is 143 cm³/mol. The van der Waals surface area contributed by atoms with Crippen molar-refractivity contribution in [1.29, 1.82) is 0 Å². The minimum Gasteiger partial charge on any atom is -0.444 e. The Morgan fingerprint density at radius 3 is 2.17 bits per heavy atom. The molecule has 3 amide bonds. The van der Waals surface area contributed by atoms with Crippen LogP contribution in [-0.4, -0.2) is 41.5 Å². The molecule has 0 fully saturated rings. The van der Waals surface area contributed by atoms with Crippen LogP contribution in [0.5, 0.6) is 0 Å². The lowest BCUT2D eigenvalue weighted by atomic mass is 9.94. The first kappa shape index (κ1) is 26.7. The topological polar surface area (TPSA) is 87.7 Å². The van der Waals surface area contributed by atoms with Gasteiger partial charge in [-0.25, -0.2) is 4.79 Å². The zero-order valence-corrected chi connectivity index (χ0v) is 21.8. The Morgan fingerprint density at radius 1 is 0.917 bits per heavy atom. The van der Waals surface area contributed by atoms with Crippen LogP contribution in [-0.2, 0) is 14.3 Å². The summed E-state index contributed by atoms with van der Waals surface area (Å²) in [5.74, 6) is -0.708. The lowest BCUT2D eigenvalue weighted by Crippen LogP contribution is -2.46. The largest absolute Gasteiger partial charge is 0.444 e. The maximum absolute atomic E-state index is 13.8. The zero-order valence-electron chi connectivity index (χ0n) is 21.8. The van der Waals surface area contributed by atoms with Crippen molar-refractivity contribution in [2.45, 2.75) is 53.2 Å². The highest BCUT2D eigenvalue weighted by Gasteiger charge is 2.33. The van der Waals surface area contributed by atoms with Gasteiger partial charge in [-0.3, -0.25) is 9.59 Å². The average molecular weight is 490 g/mol. The summed E-state index contributed by atoms with van der Waals surface area (Å²) in [6.07, 6.45) is -0.684. The van der Waals surface area contributed by atoms with Gasteiger partial charge in [0.15, 0.2) is 0 Å². The van der Waals surface area contributed by atoms with E-state index in [1.54, 1.807) is 20.8 Å². The number of hydrogen-bond acceptors (Lipinski definition) is 4. The molecule has 7 nitrogen and oxygen atoms in total. The molecule has 3 rings (SSSR count). The van der Waals surface area contributed by atoms with Gasteiger partial charge in [0.25, 0.3) is 5.91 Å². The van der Waals surface area contributed by atoms with Gasteiger partial charge in [-0.05, 0) is 81.1 Å². The summed E-state index contributed by atoms with van der Waals surface area (Å²) in [4.78, 5) is 40.7. The molecule has 0 saturated carbocycles. The Morgan fingerprint density at radius 2 is 1.56 bits per heavy atom. The van der Waals surface area contributed by atoms with Crippen LogP contribution in [0.2, 0.25) is 0 Å². The van der Waals surface area contributed by atoms with Crippen molar-refractivity contribution in [3.05, 3.63) is 77.4 Å². The van der Waals surface area contributed by atoms with Crippen molar-refractivity contribution in [3.8, 4) is 0 Å². The molecule has 3 aromatic carbocycles. The van der Waals surface area contributed by atoms with Gasteiger partial charge >= 0.3 is 6.09 Å². The number of alkyl carbamates (subject to hydrolysis) is 1. The molecule has 0 aromatic heterocycles. The quantitative estimate of drug-likeness (QED) is 0.458. The number of hydrogen-bond donors (Lipinski definition) is 2. The minimum absolute atomic E-state index is 0.276. The summed E-state index contributed by atoms with van der Waals surface area (Å²) in [5.41, 5.74) is 2.53. The number of aryl methyl sites for hydroxylation is 2. The predicted octanol–water partition coefficient (Wildman–Crippen LogP) is 5.51. The number of nitrogens with one attached hydrogen (secondary N) is 2. The highest BCUT2D eigenvalue weighted by molar-refractivity contribution is 6.00. The fourth-order valence-corrected chi connectivity index (χ4v) is 4.23. The minimum atomic E-state index is -0.879. The van der Waals surface area contributed by atoms with Crippen molar-refractivity contribution >= 4 is 34.4 Å². The van der Waals surface area contributed by atoms with Crippen LogP contribution in [0.25, 0.3) is 10.8 Å². The Balaban J connectivity index is 1.91. The van der Waals surface area contributed by atoms with Crippen molar-refractivity contribution in [2.75, 3.05) is 18.4 Å². The molecule has 0 aliphatic carbocycles. The molecule has 7 heteroatoms. The normalized spacial score (nSPS) is 12.1. The van der Waals surface area contributed by atoms with Gasteiger partial charge in [0.05, 0.1) is 0 Å². The van der Waals surface area contributed by atoms with E-state index < -0.39 is 17.7 Å². The number of rotatable bonds is 7. The average Bonchev–Trinajstić information content (AvgIpc) is 2.80. The van der Waals surface area contributed by atoms with Crippen LogP contribution in [0.15, 0.2) is 60.7 Å². The van der Waals surface area contributed by atoms with Crippen LogP contribution in [0.4, 0.5) is 10.5 Å². The highest BCUT2D eigenvalue weighted by Crippen LogP contribution is 2.29. The smallest absolute Gasteiger partial charge is 0.408 e. The number of likely N-dealkylation sites (N-methyl/N-ethyl adjacent to an activating group) is 1. The summed E-state index contributed by atoms with van der Waals surface area (Å²) in [6, 6.07) is 18.5. The fraction of sp³-hybridized carbons (Fsp3) is 0.345. The van der Waals surface area contributed by atoms with Crippen molar-refractivity contribution in [3.63, 3.8) is 0 Å². The van der Waals surface area contributed by atoms with Gasteiger partial charge in [-0.2, -0.15) is 0 Å². The number of carbonyl (C=O) groups excluding carboxylic acids is 3. The number of amides is 3. The van der Waals surface area contributed by atoms with Gasteiger partial charge < -0.3 is 20.3 Å². The lowest BCUT2D eigenvalue weighted by Gasteiger charge is -2.32. The molecule has 36 heavy (non-hydrogen) atoms. The maximum atomic E-state index is 13.8. The molecular formula is C29H35N3O4. The molecular weight excluding hydrogens is 454 g/mol. The molecule has 0 aliphatic rings. The molecule has 0 heterocycles. The highest BCUT2D eigenvalue weighted by atomic mass is 16.6. The van der Waals surface area contributed by atoms with Crippen molar-refractivity contribution < 1.29 is 19.1 Å². The van der Waals surface area contributed by atoms with Gasteiger partial charge in [-0.1, -0.05) is 48.5 Å². The van der Waals surface area contributed by atoms with Crippen molar-refractivity contribution in [1.82, 2.24) is 10.2 Å². The van der Waals surface area contributed by atoms with Crippen LogP contribution in [0.1, 0.15) is 50.4 Å². The molecule has 190 valence electrons. The molecule has 0 aliphatic heterocycles. The Kier molecular flexibility index (Phi) is 8.35. The van der Waals surface area contributed by atoms with Gasteiger partial charge in [0.2, 0.25) is 5.91 Å². The monoisotopic (exact) mass is 489 g/mol. The number of anilines is 1. The molecule has 1 atom stereocenters. The number of fused-ring (bicyclic) bond motifs is 1. The van der Waals surface area contributed by atoms with Crippen LogP contribution in [0, 0.1) is 13.8 Å². The molecule has 3 aromatic rings. The van der Waals surface area contributed by atoms with E-state index in [0.29, 0.717) is 5.69 Å². The van der Waals surface area contributed by atoms with E-state index in [2.05, 4.69) is 10.6 Å². The second kappa shape index (κ2) is 11.2. The second-order valence-electron chi connectivity index (χ2n) is 9.79. The molecule has 0 bridgehead atoms.